The summed E-state index contributed by atoms with van der Waals surface area (Å²) >= 11 is 1.58. The van der Waals surface area contributed by atoms with Gasteiger partial charge in [0.15, 0.2) is 5.82 Å². The lowest BCUT2D eigenvalue weighted by atomic mass is 10.1. The van der Waals surface area contributed by atoms with E-state index in [9.17, 15) is 0 Å². The van der Waals surface area contributed by atoms with Crippen LogP contribution in [0.2, 0.25) is 0 Å². The van der Waals surface area contributed by atoms with Crippen LogP contribution in [0.15, 0.2) is 53.8 Å². The molecule has 6 nitrogen and oxygen atoms in total. The standard InChI is InChI=1S/C17H19N5OS/c1-23-15-7-5-13(6-8-15)12-16-20-21-17(22(16)18)24-11-9-14-4-2-3-10-19-14/h2-8,10H,9,11-12,18H2,1H3. The van der Waals surface area contributed by atoms with Gasteiger partial charge < -0.3 is 10.6 Å². The third kappa shape index (κ3) is 4.05. The predicted molar refractivity (Wildman–Crippen MR) is 94.6 cm³/mol. The first-order valence-corrected chi connectivity index (χ1v) is 8.60. The van der Waals surface area contributed by atoms with Gasteiger partial charge in [-0.25, -0.2) is 4.68 Å². The molecule has 3 aromatic rings. The van der Waals surface area contributed by atoms with Crippen LogP contribution in [0.1, 0.15) is 17.1 Å². The van der Waals surface area contributed by atoms with Crippen molar-refractivity contribution in [2.24, 2.45) is 0 Å². The Kier molecular flexibility index (Phi) is 5.32. The Morgan fingerprint density at radius 2 is 1.96 bits per heavy atom. The molecule has 0 aliphatic heterocycles. The van der Waals surface area contributed by atoms with Crippen LogP contribution < -0.4 is 10.6 Å². The highest BCUT2D eigenvalue weighted by atomic mass is 32.2. The summed E-state index contributed by atoms with van der Waals surface area (Å²) in [4.78, 5) is 4.31. The molecular formula is C17H19N5OS. The average molecular weight is 341 g/mol. The number of hydrogen-bond donors (Lipinski definition) is 1. The molecule has 0 amide bonds. The van der Waals surface area contributed by atoms with Crippen molar-refractivity contribution >= 4 is 11.8 Å². The number of ether oxygens (including phenoxy) is 1. The fourth-order valence-corrected chi connectivity index (χ4v) is 3.08. The van der Waals surface area contributed by atoms with Crippen LogP contribution >= 0.6 is 11.8 Å². The summed E-state index contributed by atoms with van der Waals surface area (Å²) < 4.78 is 6.72. The van der Waals surface area contributed by atoms with Gasteiger partial charge in [-0.05, 0) is 36.2 Å². The highest BCUT2D eigenvalue weighted by molar-refractivity contribution is 7.99. The predicted octanol–water partition coefficient (Wildman–Crippen LogP) is 2.32. The van der Waals surface area contributed by atoms with Gasteiger partial charge in [-0.15, -0.1) is 10.2 Å². The van der Waals surface area contributed by atoms with E-state index in [4.69, 9.17) is 10.6 Å². The van der Waals surface area contributed by atoms with E-state index in [-0.39, 0.29) is 0 Å². The van der Waals surface area contributed by atoms with Crippen molar-refractivity contribution in [2.45, 2.75) is 18.0 Å². The summed E-state index contributed by atoms with van der Waals surface area (Å²) in [5, 5.41) is 9.10. The Bertz CT molecular complexity index is 773. The number of rotatable bonds is 7. The van der Waals surface area contributed by atoms with Gasteiger partial charge in [-0.3, -0.25) is 4.98 Å². The minimum Gasteiger partial charge on any atom is -0.497 e. The van der Waals surface area contributed by atoms with E-state index in [0.29, 0.717) is 6.42 Å². The summed E-state index contributed by atoms with van der Waals surface area (Å²) in [5.74, 6) is 8.54. The van der Waals surface area contributed by atoms with Crippen molar-refractivity contribution in [3.63, 3.8) is 0 Å². The average Bonchev–Trinajstić information content (AvgIpc) is 2.97. The van der Waals surface area contributed by atoms with Gasteiger partial charge in [0.2, 0.25) is 5.16 Å². The Balaban J connectivity index is 1.58. The molecule has 0 aliphatic carbocycles. The molecule has 0 aliphatic rings. The molecule has 0 radical (unpaired) electrons. The molecule has 0 spiro atoms. The highest BCUT2D eigenvalue weighted by Crippen LogP contribution is 2.18. The van der Waals surface area contributed by atoms with Crippen molar-refractivity contribution in [1.82, 2.24) is 19.9 Å². The van der Waals surface area contributed by atoms with E-state index in [1.54, 1.807) is 29.7 Å². The fraction of sp³-hybridized carbons (Fsp3) is 0.235. The molecule has 1 aromatic carbocycles. The number of pyridine rings is 1. The van der Waals surface area contributed by atoms with Gasteiger partial charge in [0.05, 0.1) is 7.11 Å². The van der Waals surface area contributed by atoms with Gasteiger partial charge in [0.25, 0.3) is 0 Å². The maximum Gasteiger partial charge on any atom is 0.209 e. The lowest BCUT2D eigenvalue weighted by Crippen LogP contribution is -2.14. The second-order valence-electron chi connectivity index (χ2n) is 5.21. The number of aryl methyl sites for hydroxylation is 1. The molecule has 124 valence electrons. The number of nitrogen functional groups attached to an aromatic ring is 1. The van der Waals surface area contributed by atoms with Crippen molar-refractivity contribution in [3.8, 4) is 5.75 Å². The monoisotopic (exact) mass is 341 g/mol. The molecule has 0 saturated heterocycles. The smallest absolute Gasteiger partial charge is 0.209 e. The molecule has 0 bridgehead atoms. The van der Waals surface area contributed by atoms with Gasteiger partial charge in [-0.2, -0.15) is 0 Å². The molecule has 0 saturated carbocycles. The normalized spacial score (nSPS) is 10.7. The van der Waals surface area contributed by atoms with Crippen LogP contribution in [-0.2, 0) is 12.8 Å². The summed E-state index contributed by atoms with van der Waals surface area (Å²) in [5.41, 5.74) is 2.17. The van der Waals surface area contributed by atoms with E-state index >= 15 is 0 Å². The number of methoxy groups -OCH3 is 1. The van der Waals surface area contributed by atoms with Crippen LogP contribution in [0, 0.1) is 0 Å². The van der Waals surface area contributed by atoms with Crippen LogP contribution in [-0.4, -0.2) is 32.7 Å². The van der Waals surface area contributed by atoms with E-state index in [0.717, 1.165) is 40.2 Å². The van der Waals surface area contributed by atoms with Crippen molar-refractivity contribution in [1.29, 1.82) is 0 Å². The van der Waals surface area contributed by atoms with Crippen molar-refractivity contribution < 1.29 is 4.74 Å². The first-order chi connectivity index (χ1) is 11.8. The zero-order chi connectivity index (χ0) is 16.8. The molecule has 7 heteroatoms. The highest BCUT2D eigenvalue weighted by Gasteiger charge is 2.11. The second-order valence-corrected chi connectivity index (χ2v) is 6.28. The topological polar surface area (TPSA) is 78.9 Å². The van der Waals surface area contributed by atoms with E-state index in [1.807, 2.05) is 42.5 Å². The third-order valence-corrected chi connectivity index (χ3v) is 4.52. The largest absolute Gasteiger partial charge is 0.497 e. The zero-order valence-corrected chi connectivity index (χ0v) is 14.2. The number of hydrogen-bond acceptors (Lipinski definition) is 6. The number of benzene rings is 1. The lowest BCUT2D eigenvalue weighted by Gasteiger charge is -2.05. The van der Waals surface area contributed by atoms with Crippen LogP contribution in [0.5, 0.6) is 5.75 Å². The number of thioether (sulfide) groups is 1. The molecule has 2 aromatic heterocycles. The van der Waals surface area contributed by atoms with E-state index < -0.39 is 0 Å². The Morgan fingerprint density at radius 3 is 2.67 bits per heavy atom. The maximum atomic E-state index is 6.12. The van der Waals surface area contributed by atoms with E-state index in [2.05, 4.69) is 15.2 Å². The molecule has 0 fully saturated rings. The van der Waals surface area contributed by atoms with E-state index in [1.165, 1.54) is 0 Å². The summed E-state index contributed by atoms with van der Waals surface area (Å²) in [6.07, 6.45) is 3.30. The zero-order valence-electron chi connectivity index (χ0n) is 13.4. The fourth-order valence-electron chi connectivity index (χ4n) is 2.25. The maximum absolute atomic E-state index is 6.12. The van der Waals surface area contributed by atoms with Crippen LogP contribution in [0.25, 0.3) is 0 Å². The molecular weight excluding hydrogens is 322 g/mol. The number of nitrogens with two attached hydrogens (primary N) is 1. The van der Waals surface area contributed by atoms with Crippen LogP contribution in [0.4, 0.5) is 0 Å². The summed E-state index contributed by atoms with van der Waals surface area (Å²) in [6.45, 7) is 0. The Hall–Kier alpha value is -2.54. The molecule has 2 N–H and O–H groups in total. The minimum absolute atomic E-state index is 0.633. The molecule has 0 atom stereocenters. The van der Waals surface area contributed by atoms with Gasteiger partial charge in [-0.1, -0.05) is 30.0 Å². The first kappa shape index (κ1) is 16.3. The van der Waals surface area contributed by atoms with Crippen LogP contribution in [0.3, 0.4) is 0 Å². The summed E-state index contributed by atoms with van der Waals surface area (Å²) in [6, 6.07) is 13.8. The Morgan fingerprint density at radius 1 is 1.12 bits per heavy atom. The minimum atomic E-state index is 0.633. The quantitative estimate of drug-likeness (QED) is 0.525. The van der Waals surface area contributed by atoms with Gasteiger partial charge in [0.1, 0.15) is 5.75 Å². The van der Waals surface area contributed by atoms with Gasteiger partial charge >= 0.3 is 0 Å². The first-order valence-electron chi connectivity index (χ1n) is 7.61. The molecule has 3 rings (SSSR count). The number of aromatic nitrogens is 4. The second kappa shape index (κ2) is 7.83. The third-order valence-electron chi connectivity index (χ3n) is 3.57. The summed E-state index contributed by atoms with van der Waals surface area (Å²) in [7, 11) is 1.65. The Labute approximate surface area is 145 Å². The molecule has 0 unspecified atom stereocenters. The van der Waals surface area contributed by atoms with Crippen molar-refractivity contribution in [2.75, 3.05) is 18.7 Å². The number of nitrogens with zero attached hydrogens (tertiary/aromatic N) is 4. The van der Waals surface area contributed by atoms with Gasteiger partial charge in [0, 0.05) is 24.1 Å². The SMILES string of the molecule is COc1ccc(Cc2nnc(SCCc3ccccn3)n2N)cc1. The van der Waals surface area contributed by atoms with Crippen molar-refractivity contribution in [3.05, 3.63) is 65.7 Å². The molecule has 24 heavy (non-hydrogen) atoms. The lowest BCUT2D eigenvalue weighted by molar-refractivity contribution is 0.414. The molecule has 2 heterocycles.